The molecule has 1 aliphatic carbocycles. The van der Waals surface area contributed by atoms with Crippen LogP contribution >= 0.6 is 0 Å². The maximum atomic E-state index is 13.4. The Hall–Kier alpha value is -3.83. The number of anilines is 1. The van der Waals surface area contributed by atoms with Crippen LogP contribution in [-0.4, -0.2) is 57.3 Å². The molecule has 1 saturated heterocycles. The van der Waals surface area contributed by atoms with E-state index >= 15 is 0 Å². The maximum absolute atomic E-state index is 13.4. The van der Waals surface area contributed by atoms with Gasteiger partial charge in [-0.05, 0) is 17.7 Å². The van der Waals surface area contributed by atoms with Gasteiger partial charge in [-0.3, -0.25) is 4.98 Å². The number of aromatic amines is 1. The van der Waals surface area contributed by atoms with Gasteiger partial charge in [0.2, 0.25) is 0 Å². The molecule has 0 aromatic carbocycles. The Morgan fingerprint density at radius 2 is 2.00 bits per heavy atom. The van der Waals surface area contributed by atoms with Crippen molar-refractivity contribution in [2.45, 2.75) is 18.3 Å². The van der Waals surface area contributed by atoms with Crippen molar-refractivity contribution in [2.24, 2.45) is 0 Å². The number of methoxy groups -OCH3 is 1. The lowest BCUT2D eigenvalue weighted by Gasteiger charge is -2.22. The smallest absolute Gasteiger partial charge is 0.378 e. The fourth-order valence-electron chi connectivity index (χ4n) is 4.50. The molecule has 4 aromatic rings. The number of nitrogens with one attached hydrogen (secondary N) is 3. The highest BCUT2D eigenvalue weighted by Crippen LogP contribution is 2.37. The van der Waals surface area contributed by atoms with Crippen LogP contribution in [0.2, 0.25) is 0 Å². The van der Waals surface area contributed by atoms with Crippen molar-refractivity contribution in [3.05, 3.63) is 60.2 Å². The molecule has 0 bridgehead atoms. The molecule has 2 aliphatic rings. The van der Waals surface area contributed by atoms with Gasteiger partial charge in [0, 0.05) is 49.1 Å². The van der Waals surface area contributed by atoms with Gasteiger partial charge in [0.05, 0.1) is 29.2 Å². The van der Waals surface area contributed by atoms with Gasteiger partial charge in [0.1, 0.15) is 17.2 Å². The number of hydrogen-bond acceptors (Lipinski definition) is 7. The average molecular weight is 479 g/mol. The van der Waals surface area contributed by atoms with Crippen LogP contribution in [0.15, 0.2) is 49.0 Å². The molecule has 35 heavy (non-hydrogen) atoms. The molecule has 2 unspecified atom stereocenters. The second kappa shape index (κ2) is 8.14. The summed E-state index contributed by atoms with van der Waals surface area (Å²) < 4.78 is 45.7. The number of H-pyrrole nitrogens is 1. The number of nitrogens with zero attached hydrogens (tertiary/aromatic N) is 4. The van der Waals surface area contributed by atoms with Gasteiger partial charge >= 0.3 is 6.18 Å². The number of allylic oxidation sites excluding steroid dienone is 4. The summed E-state index contributed by atoms with van der Waals surface area (Å²) in [5.74, 6) is 0.841. The van der Waals surface area contributed by atoms with Gasteiger partial charge in [-0.1, -0.05) is 18.2 Å². The van der Waals surface area contributed by atoms with Crippen molar-refractivity contribution in [3.8, 4) is 11.4 Å². The third-order valence-corrected chi connectivity index (χ3v) is 6.33. The fraction of sp³-hybridized carbons (Fsp3) is 0.250. The lowest BCUT2D eigenvalue weighted by molar-refractivity contribution is -0.140. The van der Waals surface area contributed by atoms with Crippen LogP contribution in [0.1, 0.15) is 11.3 Å². The van der Waals surface area contributed by atoms with Crippen LogP contribution in [0.25, 0.3) is 38.9 Å². The van der Waals surface area contributed by atoms with Crippen LogP contribution in [0.4, 0.5) is 19.0 Å². The number of ether oxygens (including phenoxy) is 1. The third kappa shape index (κ3) is 3.72. The van der Waals surface area contributed by atoms with Crippen molar-refractivity contribution >= 4 is 33.3 Å². The first-order valence-corrected chi connectivity index (χ1v) is 11.0. The van der Waals surface area contributed by atoms with E-state index in [0.717, 1.165) is 22.6 Å². The second-order valence-electron chi connectivity index (χ2n) is 8.44. The highest BCUT2D eigenvalue weighted by molar-refractivity contribution is 6.03. The Bertz CT molecular complexity index is 1510. The lowest BCUT2D eigenvalue weighted by atomic mass is 9.97. The minimum absolute atomic E-state index is 0.0561. The van der Waals surface area contributed by atoms with E-state index in [9.17, 15) is 13.2 Å². The standard InChI is InChI=1S/C24H20F3N7O/c1-35-18-11-29-9-16(18)31-23-20-15(12-3-2-4-12)8-28-10-17(20)32-22(34-23)13-5-6-30-21-14(13)7-19(33-21)24(25,26)27/h2-8,10,16,18,29H,9,11H2,1H3,(H,30,33)(H,31,32,34). The molecule has 5 heterocycles. The molecule has 178 valence electrons. The summed E-state index contributed by atoms with van der Waals surface area (Å²) in [6, 6.07) is 2.60. The number of hydrogen-bond donors (Lipinski definition) is 3. The molecule has 4 aromatic heterocycles. The number of alkyl halides is 3. The largest absolute Gasteiger partial charge is 0.431 e. The lowest BCUT2D eigenvalue weighted by Crippen LogP contribution is -2.34. The molecule has 11 heteroatoms. The van der Waals surface area contributed by atoms with Crippen molar-refractivity contribution in [2.75, 3.05) is 25.5 Å². The van der Waals surface area contributed by atoms with E-state index in [1.54, 1.807) is 25.6 Å². The number of halogens is 3. The zero-order chi connectivity index (χ0) is 24.2. The van der Waals surface area contributed by atoms with Crippen molar-refractivity contribution in [3.63, 3.8) is 0 Å². The molecule has 1 fully saturated rings. The first kappa shape index (κ1) is 21.7. The molecule has 2 atom stereocenters. The zero-order valence-electron chi connectivity index (χ0n) is 18.5. The Balaban J connectivity index is 1.55. The highest BCUT2D eigenvalue weighted by Gasteiger charge is 2.33. The van der Waals surface area contributed by atoms with Gasteiger partial charge < -0.3 is 20.4 Å². The third-order valence-electron chi connectivity index (χ3n) is 6.33. The molecule has 8 nitrogen and oxygen atoms in total. The highest BCUT2D eigenvalue weighted by atomic mass is 19.4. The molecule has 1 aliphatic heterocycles. The predicted octanol–water partition coefficient (Wildman–Crippen LogP) is 3.94. The topological polar surface area (TPSA) is 101 Å². The van der Waals surface area contributed by atoms with Crippen molar-refractivity contribution < 1.29 is 17.9 Å². The van der Waals surface area contributed by atoms with Crippen molar-refractivity contribution in [1.82, 2.24) is 30.2 Å². The molecular formula is C24H20F3N7O. The van der Waals surface area contributed by atoms with Gasteiger partial charge in [0.25, 0.3) is 0 Å². The predicted molar refractivity (Wildman–Crippen MR) is 126 cm³/mol. The van der Waals surface area contributed by atoms with Gasteiger partial charge in [-0.2, -0.15) is 13.2 Å². The van der Waals surface area contributed by atoms with E-state index in [4.69, 9.17) is 14.7 Å². The number of pyridine rings is 2. The minimum atomic E-state index is -4.53. The normalized spacial score (nSPS) is 19.8. The Kier molecular flexibility index (Phi) is 5.04. The number of fused-ring (bicyclic) bond motifs is 2. The molecular weight excluding hydrogens is 459 g/mol. The van der Waals surface area contributed by atoms with E-state index in [0.29, 0.717) is 30.0 Å². The summed E-state index contributed by atoms with van der Waals surface area (Å²) in [4.78, 5) is 20.3. The minimum Gasteiger partial charge on any atom is -0.378 e. The average Bonchev–Trinajstić information content (AvgIpc) is 3.44. The quantitative estimate of drug-likeness (QED) is 0.399. The first-order valence-electron chi connectivity index (χ1n) is 11.0. The van der Waals surface area contributed by atoms with Crippen LogP contribution in [0, 0.1) is 0 Å². The van der Waals surface area contributed by atoms with Gasteiger partial charge in [-0.15, -0.1) is 0 Å². The summed E-state index contributed by atoms with van der Waals surface area (Å²) in [7, 11) is 1.66. The van der Waals surface area contributed by atoms with Crippen molar-refractivity contribution in [1.29, 1.82) is 0 Å². The zero-order valence-corrected chi connectivity index (χ0v) is 18.5. The Labute approximate surface area is 197 Å². The number of rotatable bonds is 5. The van der Waals surface area contributed by atoms with Crippen LogP contribution < -0.4 is 10.6 Å². The summed E-state index contributed by atoms with van der Waals surface area (Å²) in [6.07, 6.45) is 6.15. The molecule has 0 radical (unpaired) electrons. The van der Waals surface area contributed by atoms with E-state index in [1.807, 2.05) is 18.2 Å². The van der Waals surface area contributed by atoms with E-state index in [1.165, 1.54) is 6.20 Å². The van der Waals surface area contributed by atoms with E-state index in [-0.39, 0.29) is 29.0 Å². The summed E-state index contributed by atoms with van der Waals surface area (Å²) in [6.45, 7) is 1.37. The fourth-order valence-corrected chi connectivity index (χ4v) is 4.50. The van der Waals surface area contributed by atoms with Gasteiger partial charge in [-0.25, -0.2) is 15.0 Å². The molecule has 0 spiro atoms. The summed E-state index contributed by atoms with van der Waals surface area (Å²) in [5.41, 5.74) is 2.13. The maximum Gasteiger partial charge on any atom is 0.431 e. The second-order valence-corrected chi connectivity index (χ2v) is 8.44. The van der Waals surface area contributed by atoms with Crippen LogP contribution in [0.5, 0.6) is 0 Å². The number of aromatic nitrogens is 5. The van der Waals surface area contributed by atoms with E-state index < -0.39 is 11.9 Å². The SMILES string of the molecule is COC1CNCC1Nc1nc(-c2ccnc3[nH]c(C(F)(F)F)cc23)nc2cncc(C3=CC=C3)c12. The Morgan fingerprint density at radius 3 is 2.74 bits per heavy atom. The monoisotopic (exact) mass is 479 g/mol. The molecule has 3 N–H and O–H groups in total. The molecule has 0 amide bonds. The van der Waals surface area contributed by atoms with E-state index in [2.05, 4.69) is 25.6 Å². The van der Waals surface area contributed by atoms with Gasteiger partial charge in [0.15, 0.2) is 5.82 Å². The Morgan fingerprint density at radius 1 is 1.14 bits per heavy atom. The molecule has 6 rings (SSSR count). The molecule has 0 saturated carbocycles. The van der Waals surface area contributed by atoms with Crippen LogP contribution in [-0.2, 0) is 10.9 Å². The first-order chi connectivity index (χ1) is 16.9. The summed E-state index contributed by atoms with van der Waals surface area (Å²) in [5, 5.41) is 7.88. The van der Waals surface area contributed by atoms with Crippen LogP contribution in [0.3, 0.4) is 0 Å². The summed E-state index contributed by atoms with van der Waals surface area (Å²) >= 11 is 0.